The smallest absolute Gasteiger partial charge is 0.254 e. The van der Waals surface area contributed by atoms with Crippen molar-refractivity contribution in [3.8, 4) is 0 Å². The Kier molecular flexibility index (Phi) is 3.97. The standard InChI is InChI=1S/C17H20N2OS/c1-11-6-2-3-7-12(11)10-19-17(20)15-13-8-4-5-9-14(13)21-16(15)18/h2-3,6-7H,4-5,8-10,18H2,1H3,(H,19,20). The highest BCUT2D eigenvalue weighted by atomic mass is 32.1. The number of benzene rings is 1. The van der Waals surface area contributed by atoms with Crippen molar-refractivity contribution in [2.75, 3.05) is 5.73 Å². The molecule has 110 valence electrons. The molecule has 0 fully saturated rings. The van der Waals surface area contributed by atoms with E-state index in [2.05, 4.69) is 18.3 Å². The Bertz CT molecular complexity index is 675. The summed E-state index contributed by atoms with van der Waals surface area (Å²) in [7, 11) is 0. The largest absolute Gasteiger partial charge is 0.390 e. The Hall–Kier alpha value is -1.81. The van der Waals surface area contributed by atoms with Gasteiger partial charge < -0.3 is 11.1 Å². The van der Waals surface area contributed by atoms with E-state index in [0.717, 1.165) is 30.4 Å². The van der Waals surface area contributed by atoms with E-state index in [1.807, 2.05) is 18.2 Å². The fourth-order valence-corrected chi connectivity index (χ4v) is 4.07. The van der Waals surface area contributed by atoms with Gasteiger partial charge in [0, 0.05) is 11.4 Å². The van der Waals surface area contributed by atoms with E-state index in [1.165, 1.54) is 22.4 Å². The maximum atomic E-state index is 12.5. The second kappa shape index (κ2) is 5.90. The Labute approximate surface area is 129 Å². The molecule has 21 heavy (non-hydrogen) atoms. The van der Waals surface area contributed by atoms with Crippen molar-refractivity contribution in [3.05, 3.63) is 51.4 Å². The predicted molar refractivity (Wildman–Crippen MR) is 87.7 cm³/mol. The summed E-state index contributed by atoms with van der Waals surface area (Å²) in [6.45, 7) is 2.61. The van der Waals surface area contributed by atoms with Crippen LogP contribution in [0.2, 0.25) is 0 Å². The maximum Gasteiger partial charge on any atom is 0.254 e. The Morgan fingerprint density at radius 2 is 2.05 bits per heavy atom. The first-order valence-electron chi connectivity index (χ1n) is 7.39. The highest BCUT2D eigenvalue weighted by Crippen LogP contribution is 2.36. The van der Waals surface area contributed by atoms with Crippen LogP contribution in [0, 0.1) is 6.92 Å². The van der Waals surface area contributed by atoms with Gasteiger partial charge in [0.15, 0.2) is 0 Å². The fourth-order valence-electron chi connectivity index (χ4n) is 2.91. The van der Waals surface area contributed by atoms with Gasteiger partial charge in [0.1, 0.15) is 0 Å². The molecule has 0 atom stereocenters. The SMILES string of the molecule is Cc1ccccc1CNC(=O)c1c(N)sc2c1CCCC2. The minimum Gasteiger partial charge on any atom is -0.390 e. The average Bonchev–Trinajstić information content (AvgIpc) is 2.82. The van der Waals surface area contributed by atoms with Gasteiger partial charge in [0.05, 0.1) is 10.6 Å². The summed E-state index contributed by atoms with van der Waals surface area (Å²) >= 11 is 1.59. The first-order valence-corrected chi connectivity index (χ1v) is 8.21. The van der Waals surface area contributed by atoms with E-state index in [0.29, 0.717) is 11.5 Å². The van der Waals surface area contributed by atoms with Gasteiger partial charge in [-0.15, -0.1) is 11.3 Å². The van der Waals surface area contributed by atoms with Crippen molar-refractivity contribution < 1.29 is 4.79 Å². The third-order valence-electron chi connectivity index (χ3n) is 4.13. The number of fused-ring (bicyclic) bond motifs is 1. The number of anilines is 1. The molecule has 1 aliphatic rings. The number of amides is 1. The van der Waals surface area contributed by atoms with Gasteiger partial charge in [-0.2, -0.15) is 0 Å². The Balaban J connectivity index is 1.77. The molecule has 0 spiro atoms. The summed E-state index contributed by atoms with van der Waals surface area (Å²) in [5, 5.41) is 3.69. The minimum absolute atomic E-state index is 0.0323. The molecule has 0 radical (unpaired) electrons. The molecule has 0 saturated heterocycles. The van der Waals surface area contributed by atoms with Crippen LogP contribution in [0.25, 0.3) is 0 Å². The van der Waals surface area contributed by atoms with Gasteiger partial charge in [0.25, 0.3) is 5.91 Å². The molecule has 0 bridgehead atoms. The zero-order valence-electron chi connectivity index (χ0n) is 12.2. The second-order valence-electron chi connectivity index (χ2n) is 5.56. The van der Waals surface area contributed by atoms with E-state index in [1.54, 1.807) is 11.3 Å². The van der Waals surface area contributed by atoms with Gasteiger partial charge in [0.2, 0.25) is 0 Å². The second-order valence-corrected chi connectivity index (χ2v) is 6.70. The number of nitrogen functional groups attached to an aromatic ring is 1. The lowest BCUT2D eigenvalue weighted by molar-refractivity contribution is 0.0951. The highest BCUT2D eigenvalue weighted by Gasteiger charge is 2.23. The lowest BCUT2D eigenvalue weighted by Gasteiger charge is -2.13. The Morgan fingerprint density at radius 3 is 2.86 bits per heavy atom. The maximum absolute atomic E-state index is 12.5. The number of carbonyl (C=O) groups is 1. The van der Waals surface area contributed by atoms with E-state index in [9.17, 15) is 4.79 Å². The molecular formula is C17H20N2OS. The Morgan fingerprint density at radius 1 is 1.29 bits per heavy atom. The lowest BCUT2D eigenvalue weighted by Crippen LogP contribution is -2.25. The molecule has 1 amide bonds. The normalized spacial score (nSPS) is 13.8. The van der Waals surface area contributed by atoms with Gasteiger partial charge in [-0.3, -0.25) is 4.79 Å². The molecule has 1 aromatic carbocycles. The van der Waals surface area contributed by atoms with Crippen molar-refractivity contribution in [3.63, 3.8) is 0 Å². The zero-order chi connectivity index (χ0) is 14.8. The van der Waals surface area contributed by atoms with Gasteiger partial charge in [-0.25, -0.2) is 0 Å². The molecule has 0 saturated carbocycles. The number of hydrogen-bond donors (Lipinski definition) is 2. The van der Waals surface area contributed by atoms with Crippen LogP contribution in [-0.4, -0.2) is 5.91 Å². The van der Waals surface area contributed by atoms with Crippen molar-refractivity contribution in [1.82, 2.24) is 5.32 Å². The highest BCUT2D eigenvalue weighted by molar-refractivity contribution is 7.16. The van der Waals surface area contributed by atoms with Gasteiger partial charge in [-0.05, 0) is 49.3 Å². The topological polar surface area (TPSA) is 55.1 Å². The predicted octanol–water partition coefficient (Wildman–Crippen LogP) is 3.45. The molecule has 1 aromatic heterocycles. The molecule has 4 heteroatoms. The molecule has 0 aliphatic heterocycles. The summed E-state index contributed by atoms with van der Waals surface area (Å²) in [5.41, 5.74) is 10.3. The summed E-state index contributed by atoms with van der Waals surface area (Å²) in [4.78, 5) is 13.8. The van der Waals surface area contributed by atoms with Crippen LogP contribution in [0.1, 0.15) is 44.8 Å². The minimum atomic E-state index is -0.0323. The number of nitrogens with one attached hydrogen (secondary N) is 1. The lowest BCUT2D eigenvalue weighted by atomic mass is 9.95. The number of hydrogen-bond acceptors (Lipinski definition) is 3. The summed E-state index contributed by atoms with van der Waals surface area (Å²) < 4.78 is 0. The molecule has 1 aliphatic carbocycles. The fraction of sp³-hybridized carbons (Fsp3) is 0.353. The molecule has 3 nitrogen and oxygen atoms in total. The number of carbonyl (C=O) groups excluding carboxylic acids is 1. The molecule has 3 N–H and O–H groups in total. The van der Waals surface area contributed by atoms with Crippen molar-refractivity contribution in [2.45, 2.75) is 39.2 Å². The summed E-state index contributed by atoms with van der Waals surface area (Å²) in [5.74, 6) is -0.0323. The molecular weight excluding hydrogens is 280 g/mol. The van der Waals surface area contributed by atoms with Crippen LogP contribution in [0.15, 0.2) is 24.3 Å². The van der Waals surface area contributed by atoms with E-state index in [-0.39, 0.29) is 5.91 Å². The van der Waals surface area contributed by atoms with Crippen LogP contribution in [0.4, 0.5) is 5.00 Å². The van der Waals surface area contributed by atoms with Gasteiger partial charge in [-0.1, -0.05) is 24.3 Å². The average molecular weight is 300 g/mol. The van der Waals surface area contributed by atoms with E-state index in [4.69, 9.17) is 5.73 Å². The quantitative estimate of drug-likeness (QED) is 0.912. The molecule has 3 rings (SSSR count). The number of rotatable bonds is 3. The third kappa shape index (κ3) is 2.81. The first kappa shape index (κ1) is 14.1. The summed E-state index contributed by atoms with van der Waals surface area (Å²) in [6.07, 6.45) is 4.41. The van der Waals surface area contributed by atoms with Crippen LogP contribution in [0.3, 0.4) is 0 Å². The van der Waals surface area contributed by atoms with Crippen molar-refractivity contribution in [1.29, 1.82) is 0 Å². The third-order valence-corrected chi connectivity index (χ3v) is 5.25. The first-order chi connectivity index (χ1) is 10.2. The molecule has 1 heterocycles. The van der Waals surface area contributed by atoms with E-state index < -0.39 is 0 Å². The zero-order valence-corrected chi connectivity index (χ0v) is 13.1. The number of thiophene rings is 1. The van der Waals surface area contributed by atoms with Crippen LogP contribution in [-0.2, 0) is 19.4 Å². The van der Waals surface area contributed by atoms with Crippen molar-refractivity contribution >= 4 is 22.2 Å². The van der Waals surface area contributed by atoms with Crippen molar-refractivity contribution in [2.24, 2.45) is 0 Å². The van der Waals surface area contributed by atoms with Crippen LogP contribution in [0.5, 0.6) is 0 Å². The monoisotopic (exact) mass is 300 g/mol. The van der Waals surface area contributed by atoms with Crippen LogP contribution < -0.4 is 11.1 Å². The number of nitrogens with two attached hydrogens (primary N) is 1. The number of aryl methyl sites for hydroxylation is 2. The van der Waals surface area contributed by atoms with Crippen LogP contribution >= 0.6 is 11.3 Å². The van der Waals surface area contributed by atoms with E-state index >= 15 is 0 Å². The van der Waals surface area contributed by atoms with Gasteiger partial charge >= 0.3 is 0 Å². The molecule has 2 aromatic rings. The molecule has 0 unspecified atom stereocenters. The summed E-state index contributed by atoms with van der Waals surface area (Å²) in [6, 6.07) is 8.10.